The Balaban J connectivity index is 1.38. The van der Waals surface area contributed by atoms with E-state index in [0.717, 1.165) is 48.9 Å². The first-order valence-electron chi connectivity index (χ1n) is 9.36. The molecule has 0 radical (unpaired) electrons. The van der Waals surface area contributed by atoms with Crippen molar-refractivity contribution in [3.63, 3.8) is 0 Å². The van der Waals surface area contributed by atoms with Gasteiger partial charge in [-0.15, -0.1) is 10.2 Å². The van der Waals surface area contributed by atoms with Crippen molar-refractivity contribution in [1.82, 2.24) is 24.3 Å². The third-order valence-electron chi connectivity index (χ3n) is 5.54. The third-order valence-corrected chi connectivity index (χ3v) is 7.35. The van der Waals surface area contributed by atoms with Gasteiger partial charge in [-0.25, -0.2) is 22.5 Å². The molecule has 0 unspecified atom stereocenters. The molecule has 1 aliphatic carbocycles. The zero-order valence-electron chi connectivity index (χ0n) is 15.3. The molecule has 0 amide bonds. The van der Waals surface area contributed by atoms with Gasteiger partial charge in [-0.1, -0.05) is 11.6 Å². The van der Waals surface area contributed by atoms with E-state index in [1.54, 1.807) is 6.20 Å². The summed E-state index contributed by atoms with van der Waals surface area (Å²) in [6.07, 6.45) is 4.63. The van der Waals surface area contributed by atoms with Crippen LogP contribution in [-0.2, 0) is 16.4 Å². The highest BCUT2D eigenvalue weighted by Crippen LogP contribution is 2.36. The van der Waals surface area contributed by atoms with Crippen molar-refractivity contribution < 1.29 is 12.8 Å². The highest BCUT2D eigenvalue weighted by molar-refractivity contribution is 7.89. The van der Waals surface area contributed by atoms with Crippen molar-refractivity contribution in [3.05, 3.63) is 46.8 Å². The van der Waals surface area contributed by atoms with E-state index in [1.807, 2.05) is 4.40 Å². The van der Waals surface area contributed by atoms with Crippen LogP contribution in [0.4, 0.5) is 10.2 Å². The average molecular weight is 437 g/mol. The van der Waals surface area contributed by atoms with Crippen LogP contribution in [0.2, 0.25) is 5.02 Å². The summed E-state index contributed by atoms with van der Waals surface area (Å²) in [5.41, 5.74) is 1.76. The second-order valence-electron chi connectivity index (χ2n) is 7.39. The second kappa shape index (κ2) is 6.89. The van der Waals surface area contributed by atoms with E-state index in [4.69, 9.17) is 11.6 Å². The Morgan fingerprint density at radius 3 is 2.97 bits per heavy atom. The molecule has 2 aliphatic rings. The first-order valence-corrected chi connectivity index (χ1v) is 11.2. The molecule has 1 saturated carbocycles. The molecule has 152 valence electrons. The Morgan fingerprint density at radius 1 is 1.28 bits per heavy atom. The molecule has 5 rings (SSSR count). The van der Waals surface area contributed by atoms with Crippen molar-refractivity contribution in [3.8, 4) is 0 Å². The Morgan fingerprint density at radius 2 is 2.14 bits per heavy atom. The van der Waals surface area contributed by atoms with Crippen molar-refractivity contribution in [2.45, 2.75) is 42.5 Å². The molecule has 0 saturated heterocycles. The highest BCUT2D eigenvalue weighted by atomic mass is 35.5. The van der Waals surface area contributed by atoms with Crippen LogP contribution in [0.25, 0.3) is 5.65 Å². The number of hydrogen-bond acceptors (Lipinski definition) is 6. The van der Waals surface area contributed by atoms with E-state index in [2.05, 4.69) is 25.2 Å². The molecular formula is C18H18ClFN6O2S. The molecule has 2 aromatic heterocycles. The fourth-order valence-electron chi connectivity index (χ4n) is 4.17. The van der Waals surface area contributed by atoms with E-state index >= 15 is 0 Å². The number of nitrogens with zero attached hydrogens (tertiary/aromatic N) is 4. The lowest BCUT2D eigenvalue weighted by Gasteiger charge is -2.14. The van der Waals surface area contributed by atoms with Crippen molar-refractivity contribution >= 4 is 33.1 Å². The number of halogens is 2. The smallest absolute Gasteiger partial charge is 0.240 e. The number of fused-ring (bicyclic) bond motifs is 3. The third kappa shape index (κ3) is 3.24. The van der Waals surface area contributed by atoms with Gasteiger partial charge in [0.05, 0.1) is 21.8 Å². The molecule has 3 heterocycles. The lowest BCUT2D eigenvalue weighted by atomic mass is 10.1. The maximum atomic E-state index is 13.4. The molecule has 1 aliphatic heterocycles. The van der Waals surface area contributed by atoms with Gasteiger partial charge in [-0.2, -0.15) is 0 Å². The minimum absolute atomic E-state index is 0.0461. The number of rotatable bonds is 4. The molecular weight excluding hydrogens is 419 g/mol. The maximum absolute atomic E-state index is 13.4. The summed E-state index contributed by atoms with van der Waals surface area (Å²) in [6, 6.07) is 3.15. The predicted molar refractivity (Wildman–Crippen MR) is 105 cm³/mol. The Bertz CT molecular complexity index is 1210. The zero-order valence-corrected chi connectivity index (χ0v) is 16.8. The van der Waals surface area contributed by atoms with Gasteiger partial charge in [0, 0.05) is 24.9 Å². The number of nitrogens with one attached hydrogen (secondary N) is 2. The van der Waals surface area contributed by atoms with Gasteiger partial charge in [-0.05, 0) is 37.5 Å². The van der Waals surface area contributed by atoms with Gasteiger partial charge < -0.3 is 5.32 Å². The van der Waals surface area contributed by atoms with E-state index in [-0.39, 0.29) is 21.9 Å². The van der Waals surface area contributed by atoms with Crippen LogP contribution >= 0.6 is 11.6 Å². The van der Waals surface area contributed by atoms with Crippen LogP contribution in [0.5, 0.6) is 0 Å². The van der Waals surface area contributed by atoms with Gasteiger partial charge in [0.1, 0.15) is 17.5 Å². The van der Waals surface area contributed by atoms with Crippen LogP contribution in [0, 0.1) is 5.82 Å². The summed E-state index contributed by atoms with van der Waals surface area (Å²) in [5.74, 6) is 1.12. The van der Waals surface area contributed by atoms with Gasteiger partial charge in [0.15, 0.2) is 5.65 Å². The molecule has 2 N–H and O–H groups in total. The molecule has 8 nitrogen and oxygen atoms in total. The van der Waals surface area contributed by atoms with Crippen molar-refractivity contribution in [2.24, 2.45) is 0 Å². The second-order valence-corrected chi connectivity index (χ2v) is 9.51. The molecule has 1 fully saturated rings. The summed E-state index contributed by atoms with van der Waals surface area (Å²) in [5, 5.41) is 11.6. The van der Waals surface area contributed by atoms with Gasteiger partial charge in [-0.3, -0.25) is 4.40 Å². The van der Waals surface area contributed by atoms with Crippen LogP contribution in [-0.4, -0.2) is 40.6 Å². The monoisotopic (exact) mass is 436 g/mol. The quantitative estimate of drug-likeness (QED) is 0.651. The van der Waals surface area contributed by atoms with Gasteiger partial charge >= 0.3 is 0 Å². The minimum Gasteiger partial charge on any atom is -0.368 e. The van der Waals surface area contributed by atoms with E-state index in [0.29, 0.717) is 18.5 Å². The highest BCUT2D eigenvalue weighted by Gasteiger charge is 2.33. The van der Waals surface area contributed by atoms with Crippen LogP contribution < -0.4 is 10.0 Å². The average Bonchev–Trinajstić information content (AvgIpc) is 3.40. The number of anilines is 1. The summed E-state index contributed by atoms with van der Waals surface area (Å²) >= 11 is 5.73. The molecule has 3 aromatic rings. The minimum atomic E-state index is -3.79. The van der Waals surface area contributed by atoms with Crippen LogP contribution in [0.1, 0.15) is 36.7 Å². The molecule has 29 heavy (non-hydrogen) atoms. The normalized spacial score (nSPS) is 21.4. The van der Waals surface area contributed by atoms with Crippen molar-refractivity contribution in [1.29, 1.82) is 0 Å². The fraction of sp³-hybridized carbons (Fsp3) is 0.389. The predicted octanol–water partition coefficient (Wildman–Crippen LogP) is 2.50. The summed E-state index contributed by atoms with van der Waals surface area (Å²) < 4.78 is 43.5. The van der Waals surface area contributed by atoms with Crippen molar-refractivity contribution in [2.75, 3.05) is 11.9 Å². The molecule has 0 bridgehead atoms. The van der Waals surface area contributed by atoms with E-state index in [9.17, 15) is 12.8 Å². The van der Waals surface area contributed by atoms with Crippen LogP contribution in [0.3, 0.4) is 0 Å². The standard InChI is InChI=1S/C18H18ClFN6O2S/c19-13-8-12(3-4-14(13)20)29(27,28)25-11-2-1-10(7-11)18-24-23-16-9-22-17-15(26(16)18)5-6-21-17/h3-4,8-11,21,25H,1-2,5-7H2/t10-,11+/m1/s1. The SMILES string of the molecule is O=S(=O)(N[C@H]1CC[C@@H](c2nnc3cnc4c(n23)CCN4)C1)c1ccc(F)c(Cl)c1. The molecule has 0 spiro atoms. The lowest BCUT2D eigenvalue weighted by molar-refractivity contribution is 0.546. The van der Waals surface area contributed by atoms with E-state index < -0.39 is 15.8 Å². The number of hydrogen-bond donors (Lipinski definition) is 2. The number of sulfonamides is 1. The Kier molecular flexibility index (Phi) is 4.45. The van der Waals surface area contributed by atoms with Gasteiger partial charge in [0.25, 0.3) is 0 Å². The van der Waals surface area contributed by atoms with Gasteiger partial charge in [0.2, 0.25) is 10.0 Å². The summed E-state index contributed by atoms with van der Waals surface area (Å²) in [6.45, 7) is 0.826. The molecule has 11 heteroatoms. The van der Waals surface area contributed by atoms with E-state index in [1.165, 1.54) is 6.07 Å². The molecule has 1 aromatic carbocycles. The first kappa shape index (κ1) is 18.7. The van der Waals surface area contributed by atoms with Crippen LogP contribution in [0.15, 0.2) is 29.3 Å². The fourth-order valence-corrected chi connectivity index (χ4v) is 5.72. The number of aromatic nitrogens is 4. The first-order chi connectivity index (χ1) is 13.9. The summed E-state index contributed by atoms with van der Waals surface area (Å²) in [7, 11) is -3.79. The Hall–Kier alpha value is -2.30. The maximum Gasteiger partial charge on any atom is 0.240 e. The topological polar surface area (TPSA) is 101 Å². The summed E-state index contributed by atoms with van der Waals surface area (Å²) in [4.78, 5) is 4.33. The number of benzene rings is 1. The molecule has 2 atom stereocenters. The zero-order chi connectivity index (χ0) is 20.2. The lowest BCUT2D eigenvalue weighted by Crippen LogP contribution is -2.33. The largest absolute Gasteiger partial charge is 0.368 e. The Labute approximate surface area is 171 Å².